The van der Waals surface area contributed by atoms with Gasteiger partial charge >= 0.3 is 0 Å². The number of nitro benzene ring substituents is 1. The molecule has 0 aromatic heterocycles. The molecule has 6 nitrogen and oxygen atoms in total. The van der Waals surface area contributed by atoms with E-state index in [-0.39, 0.29) is 11.2 Å². The van der Waals surface area contributed by atoms with Gasteiger partial charge in [0.2, 0.25) is 0 Å². The number of nitrogens with two attached hydrogens (primary N) is 1. The maximum absolute atomic E-state index is 10.5. The number of nitro groups is 1. The van der Waals surface area contributed by atoms with E-state index in [0.717, 1.165) is 5.56 Å². The highest BCUT2D eigenvalue weighted by Gasteiger charge is 2.09. The van der Waals surface area contributed by atoms with Gasteiger partial charge in [-0.1, -0.05) is 12.1 Å². The molecular weight excluding hydrogens is 232 g/mol. The van der Waals surface area contributed by atoms with Crippen molar-refractivity contribution in [2.75, 3.05) is 0 Å². The van der Waals surface area contributed by atoms with Crippen molar-refractivity contribution < 1.29 is 4.92 Å². The molecule has 0 aliphatic rings. The largest absolute Gasteiger partial charge is 0.370 e. The van der Waals surface area contributed by atoms with Gasteiger partial charge in [-0.05, 0) is 26.3 Å². The van der Waals surface area contributed by atoms with Gasteiger partial charge in [-0.2, -0.15) is 0 Å². The smallest absolute Gasteiger partial charge is 0.269 e. The van der Waals surface area contributed by atoms with Crippen molar-refractivity contribution in [3.8, 4) is 0 Å². The summed E-state index contributed by atoms with van der Waals surface area (Å²) < 4.78 is 0. The minimum absolute atomic E-state index is 0.0727. The number of benzene rings is 1. The van der Waals surface area contributed by atoms with Crippen LogP contribution in [0, 0.1) is 10.1 Å². The lowest BCUT2D eigenvalue weighted by Gasteiger charge is -2.20. The van der Waals surface area contributed by atoms with Crippen molar-refractivity contribution in [1.82, 2.24) is 5.32 Å². The lowest BCUT2D eigenvalue weighted by molar-refractivity contribution is -0.384. The Morgan fingerprint density at radius 1 is 1.39 bits per heavy atom. The molecule has 0 spiro atoms. The molecule has 1 rings (SSSR count). The van der Waals surface area contributed by atoms with Gasteiger partial charge in [-0.25, -0.2) is 4.99 Å². The molecule has 6 heteroatoms. The Morgan fingerprint density at radius 2 is 1.94 bits per heavy atom. The van der Waals surface area contributed by atoms with Crippen LogP contribution in [0.25, 0.3) is 0 Å². The van der Waals surface area contributed by atoms with E-state index in [9.17, 15) is 10.1 Å². The van der Waals surface area contributed by atoms with E-state index < -0.39 is 4.92 Å². The van der Waals surface area contributed by atoms with Crippen LogP contribution in [-0.2, 0) is 6.54 Å². The molecule has 0 aliphatic heterocycles. The van der Waals surface area contributed by atoms with Gasteiger partial charge in [0.05, 0.1) is 11.5 Å². The average Bonchev–Trinajstić information content (AvgIpc) is 2.24. The summed E-state index contributed by atoms with van der Waals surface area (Å²) in [5, 5.41) is 13.5. The van der Waals surface area contributed by atoms with Crippen LogP contribution >= 0.6 is 0 Å². The molecule has 0 aliphatic carbocycles. The molecule has 0 unspecified atom stereocenters. The van der Waals surface area contributed by atoms with E-state index in [4.69, 9.17) is 5.73 Å². The molecule has 0 fully saturated rings. The Morgan fingerprint density at radius 3 is 2.39 bits per heavy atom. The van der Waals surface area contributed by atoms with Crippen LogP contribution in [-0.4, -0.2) is 16.4 Å². The molecule has 3 N–H and O–H groups in total. The monoisotopic (exact) mass is 250 g/mol. The van der Waals surface area contributed by atoms with E-state index in [1.54, 1.807) is 12.1 Å². The first-order valence-electron chi connectivity index (χ1n) is 5.59. The summed E-state index contributed by atoms with van der Waals surface area (Å²) in [6.45, 7) is 6.36. The molecule has 0 radical (unpaired) electrons. The normalized spacial score (nSPS) is 12.3. The Balaban J connectivity index is 2.63. The molecule has 1 aromatic rings. The number of hydrogen-bond acceptors (Lipinski definition) is 3. The summed E-state index contributed by atoms with van der Waals surface area (Å²) in [7, 11) is 0. The van der Waals surface area contributed by atoms with Gasteiger partial charge in [-0.15, -0.1) is 0 Å². The Bertz CT molecular complexity index is 446. The van der Waals surface area contributed by atoms with Gasteiger partial charge in [0.1, 0.15) is 0 Å². The van der Waals surface area contributed by atoms with Crippen LogP contribution in [0.1, 0.15) is 26.3 Å². The number of aliphatic imine (C=N–C) groups is 1. The zero-order valence-electron chi connectivity index (χ0n) is 10.8. The lowest BCUT2D eigenvalue weighted by atomic mass is 10.1. The highest BCUT2D eigenvalue weighted by Crippen LogP contribution is 2.12. The Kier molecular flexibility index (Phi) is 4.25. The quantitative estimate of drug-likeness (QED) is 0.370. The second-order valence-corrected chi connectivity index (χ2v) is 5.00. The first kappa shape index (κ1) is 14.0. The highest BCUT2D eigenvalue weighted by molar-refractivity contribution is 5.78. The molecule has 1 aromatic carbocycles. The third-order valence-corrected chi connectivity index (χ3v) is 2.08. The number of non-ortho nitro benzene ring substituents is 1. The number of nitrogens with zero attached hydrogens (tertiary/aromatic N) is 2. The number of nitrogens with one attached hydrogen (secondary N) is 1. The molecule has 0 bridgehead atoms. The van der Waals surface area contributed by atoms with E-state index >= 15 is 0 Å². The summed E-state index contributed by atoms with van der Waals surface area (Å²) in [5.41, 5.74) is 6.53. The molecular formula is C12H18N4O2. The fourth-order valence-corrected chi connectivity index (χ4v) is 1.32. The van der Waals surface area contributed by atoms with Gasteiger partial charge in [-0.3, -0.25) is 10.1 Å². The fraction of sp³-hybridized carbons (Fsp3) is 0.417. The fourth-order valence-electron chi connectivity index (χ4n) is 1.32. The summed E-state index contributed by atoms with van der Waals surface area (Å²) in [4.78, 5) is 14.2. The third kappa shape index (κ3) is 4.82. The SMILES string of the molecule is CC(C)(C)NC(N)=NCc1ccc([N+](=O)[O-])cc1. The predicted molar refractivity (Wildman–Crippen MR) is 71.3 cm³/mol. The maximum Gasteiger partial charge on any atom is 0.269 e. The number of guanidine groups is 1. The van der Waals surface area contributed by atoms with E-state index in [1.165, 1.54) is 12.1 Å². The topological polar surface area (TPSA) is 93.5 Å². The van der Waals surface area contributed by atoms with Crippen molar-refractivity contribution in [3.63, 3.8) is 0 Å². The molecule has 0 atom stereocenters. The molecule has 98 valence electrons. The van der Waals surface area contributed by atoms with Crippen LogP contribution in [0.5, 0.6) is 0 Å². The first-order valence-corrected chi connectivity index (χ1v) is 5.59. The highest BCUT2D eigenvalue weighted by atomic mass is 16.6. The second-order valence-electron chi connectivity index (χ2n) is 5.00. The Hall–Kier alpha value is -2.11. The van der Waals surface area contributed by atoms with Gasteiger partial charge < -0.3 is 11.1 Å². The minimum Gasteiger partial charge on any atom is -0.370 e. The molecule has 0 amide bonds. The van der Waals surface area contributed by atoms with Crippen LogP contribution in [0.15, 0.2) is 29.3 Å². The van der Waals surface area contributed by atoms with Crippen molar-refractivity contribution in [2.24, 2.45) is 10.7 Å². The number of hydrogen-bond donors (Lipinski definition) is 2. The van der Waals surface area contributed by atoms with Gasteiger partial charge in [0.15, 0.2) is 5.96 Å². The molecule has 18 heavy (non-hydrogen) atoms. The van der Waals surface area contributed by atoms with Gasteiger partial charge in [0.25, 0.3) is 5.69 Å². The van der Waals surface area contributed by atoms with Crippen molar-refractivity contribution >= 4 is 11.6 Å². The van der Waals surface area contributed by atoms with Crippen LogP contribution < -0.4 is 11.1 Å². The van der Waals surface area contributed by atoms with Crippen molar-refractivity contribution in [2.45, 2.75) is 32.9 Å². The zero-order chi connectivity index (χ0) is 13.8. The first-order chi connectivity index (χ1) is 8.28. The average molecular weight is 250 g/mol. The number of rotatable bonds is 3. The van der Waals surface area contributed by atoms with Gasteiger partial charge in [0, 0.05) is 17.7 Å². The van der Waals surface area contributed by atoms with Crippen LogP contribution in [0.2, 0.25) is 0 Å². The summed E-state index contributed by atoms with van der Waals surface area (Å²) in [6.07, 6.45) is 0. The molecule has 0 saturated heterocycles. The summed E-state index contributed by atoms with van der Waals surface area (Å²) in [6, 6.07) is 6.26. The van der Waals surface area contributed by atoms with Crippen molar-refractivity contribution in [1.29, 1.82) is 0 Å². The standard InChI is InChI=1S/C12H18N4O2/c1-12(2,3)15-11(13)14-8-9-4-6-10(7-5-9)16(17)18/h4-7H,8H2,1-3H3,(H3,13,14,15). The van der Waals surface area contributed by atoms with E-state index in [2.05, 4.69) is 10.3 Å². The summed E-state index contributed by atoms with van der Waals surface area (Å²) in [5.74, 6) is 0.362. The summed E-state index contributed by atoms with van der Waals surface area (Å²) >= 11 is 0. The predicted octanol–water partition coefficient (Wildman–Crippen LogP) is 1.80. The zero-order valence-corrected chi connectivity index (χ0v) is 10.8. The van der Waals surface area contributed by atoms with E-state index in [0.29, 0.717) is 12.5 Å². The second kappa shape index (κ2) is 5.48. The van der Waals surface area contributed by atoms with Crippen molar-refractivity contribution in [3.05, 3.63) is 39.9 Å². The molecule has 0 saturated carbocycles. The third-order valence-electron chi connectivity index (χ3n) is 2.08. The molecule has 0 heterocycles. The van der Waals surface area contributed by atoms with E-state index in [1.807, 2.05) is 20.8 Å². The van der Waals surface area contributed by atoms with Crippen LogP contribution in [0.3, 0.4) is 0 Å². The maximum atomic E-state index is 10.5. The minimum atomic E-state index is -0.428. The van der Waals surface area contributed by atoms with Crippen LogP contribution in [0.4, 0.5) is 5.69 Å². The Labute approximate surface area is 106 Å². The lowest BCUT2D eigenvalue weighted by Crippen LogP contribution is -2.44.